The number of likely N-dealkylation sites (N-methyl/N-ethyl adjacent to an activating group) is 1. The van der Waals surface area contributed by atoms with Crippen LogP contribution in [0.25, 0.3) is 0 Å². The van der Waals surface area contributed by atoms with Gasteiger partial charge in [0.05, 0.1) is 22.6 Å². The SMILES string of the molecule is CN1CCN(c2ccccc2C#N)c2ccccc21. The lowest BCUT2D eigenvalue weighted by atomic mass is 10.1. The van der Waals surface area contributed by atoms with Crippen molar-refractivity contribution < 1.29 is 0 Å². The van der Waals surface area contributed by atoms with Crippen LogP contribution in [-0.2, 0) is 0 Å². The molecule has 2 aromatic rings. The summed E-state index contributed by atoms with van der Waals surface area (Å²) in [6.45, 7) is 1.85. The second kappa shape index (κ2) is 4.66. The van der Waals surface area contributed by atoms with Gasteiger partial charge in [0.25, 0.3) is 0 Å². The summed E-state index contributed by atoms with van der Waals surface area (Å²) in [6.07, 6.45) is 0. The van der Waals surface area contributed by atoms with E-state index in [1.807, 2.05) is 30.3 Å². The maximum absolute atomic E-state index is 9.26. The van der Waals surface area contributed by atoms with Gasteiger partial charge in [0, 0.05) is 20.1 Å². The molecule has 0 unspecified atom stereocenters. The summed E-state index contributed by atoms with van der Waals surface area (Å²) in [5, 5.41) is 9.26. The van der Waals surface area contributed by atoms with Crippen molar-refractivity contribution in [2.24, 2.45) is 0 Å². The topological polar surface area (TPSA) is 30.3 Å². The molecule has 3 nitrogen and oxygen atoms in total. The van der Waals surface area contributed by atoms with Gasteiger partial charge < -0.3 is 9.80 Å². The van der Waals surface area contributed by atoms with Gasteiger partial charge in [-0.3, -0.25) is 0 Å². The van der Waals surface area contributed by atoms with E-state index < -0.39 is 0 Å². The fourth-order valence-electron chi connectivity index (χ4n) is 2.56. The van der Waals surface area contributed by atoms with Crippen molar-refractivity contribution in [3.63, 3.8) is 0 Å². The summed E-state index contributed by atoms with van der Waals surface area (Å²) in [5.74, 6) is 0. The predicted molar refractivity (Wildman–Crippen MR) is 77.9 cm³/mol. The molecule has 0 bridgehead atoms. The molecule has 94 valence electrons. The molecule has 0 atom stereocenters. The molecule has 1 aliphatic rings. The molecule has 0 radical (unpaired) electrons. The molecule has 0 aliphatic carbocycles. The quantitative estimate of drug-likeness (QED) is 0.777. The second-order valence-corrected chi connectivity index (χ2v) is 4.69. The van der Waals surface area contributed by atoms with Crippen LogP contribution < -0.4 is 9.80 Å². The average molecular weight is 249 g/mol. The van der Waals surface area contributed by atoms with Crippen molar-refractivity contribution in [3.05, 3.63) is 54.1 Å². The molecule has 3 rings (SSSR count). The van der Waals surface area contributed by atoms with E-state index in [0.717, 1.165) is 24.3 Å². The highest BCUT2D eigenvalue weighted by molar-refractivity contribution is 5.81. The van der Waals surface area contributed by atoms with Gasteiger partial charge in [0.15, 0.2) is 0 Å². The number of nitriles is 1. The molecule has 1 heterocycles. The van der Waals surface area contributed by atoms with Crippen molar-refractivity contribution in [1.82, 2.24) is 0 Å². The molecule has 1 aliphatic heterocycles. The third-order valence-corrected chi connectivity index (χ3v) is 3.56. The Balaban J connectivity index is 2.13. The zero-order valence-corrected chi connectivity index (χ0v) is 10.9. The molecule has 3 heteroatoms. The first-order chi connectivity index (χ1) is 9.31. The monoisotopic (exact) mass is 249 g/mol. The zero-order chi connectivity index (χ0) is 13.2. The average Bonchev–Trinajstić information content (AvgIpc) is 2.48. The van der Waals surface area contributed by atoms with Gasteiger partial charge in [0.1, 0.15) is 6.07 Å². The van der Waals surface area contributed by atoms with Crippen LogP contribution in [0.1, 0.15) is 5.56 Å². The van der Waals surface area contributed by atoms with Gasteiger partial charge >= 0.3 is 0 Å². The number of hydrogen-bond acceptors (Lipinski definition) is 3. The Morgan fingerprint density at radius 3 is 2.26 bits per heavy atom. The van der Waals surface area contributed by atoms with Gasteiger partial charge in [-0.15, -0.1) is 0 Å². The van der Waals surface area contributed by atoms with Gasteiger partial charge in [-0.1, -0.05) is 24.3 Å². The summed E-state index contributed by atoms with van der Waals surface area (Å²) in [5.41, 5.74) is 4.09. The molecule has 19 heavy (non-hydrogen) atoms. The maximum atomic E-state index is 9.26. The van der Waals surface area contributed by atoms with E-state index in [2.05, 4.69) is 41.1 Å². The van der Waals surface area contributed by atoms with Crippen LogP contribution in [0, 0.1) is 11.3 Å². The van der Waals surface area contributed by atoms with Crippen LogP contribution in [0.5, 0.6) is 0 Å². The third kappa shape index (κ3) is 1.92. The van der Waals surface area contributed by atoms with E-state index in [1.54, 1.807) is 0 Å². The van der Waals surface area contributed by atoms with Crippen LogP contribution in [0.4, 0.5) is 17.1 Å². The molecule has 0 N–H and O–H groups in total. The van der Waals surface area contributed by atoms with Crippen molar-refractivity contribution >= 4 is 17.1 Å². The fraction of sp³-hybridized carbons (Fsp3) is 0.188. The van der Waals surface area contributed by atoms with Gasteiger partial charge in [0.2, 0.25) is 0 Å². The molecular weight excluding hydrogens is 234 g/mol. The first-order valence-electron chi connectivity index (χ1n) is 6.38. The first kappa shape index (κ1) is 11.6. The number of rotatable bonds is 1. The first-order valence-corrected chi connectivity index (χ1v) is 6.38. The Hall–Kier alpha value is -2.47. The van der Waals surface area contributed by atoms with Crippen LogP contribution in [0.3, 0.4) is 0 Å². The summed E-state index contributed by atoms with van der Waals surface area (Å²) in [7, 11) is 2.10. The minimum atomic E-state index is 0.724. The molecule has 0 spiro atoms. The summed E-state index contributed by atoms with van der Waals surface area (Å²) in [6, 6.07) is 18.4. The van der Waals surface area contributed by atoms with E-state index >= 15 is 0 Å². The number of hydrogen-bond donors (Lipinski definition) is 0. The lowest BCUT2D eigenvalue weighted by Crippen LogP contribution is -2.36. The minimum Gasteiger partial charge on any atom is -0.371 e. The predicted octanol–water partition coefficient (Wildman–Crippen LogP) is 3.15. The number of fused-ring (bicyclic) bond motifs is 1. The lowest BCUT2D eigenvalue weighted by Gasteiger charge is -2.37. The van der Waals surface area contributed by atoms with E-state index in [1.165, 1.54) is 11.4 Å². The molecule has 0 aromatic heterocycles. The van der Waals surface area contributed by atoms with Crippen LogP contribution in [-0.4, -0.2) is 20.1 Å². The summed E-state index contributed by atoms with van der Waals surface area (Å²) in [4.78, 5) is 4.48. The van der Waals surface area contributed by atoms with Crippen LogP contribution in [0.15, 0.2) is 48.5 Å². The zero-order valence-electron chi connectivity index (χ0n) is 10.9. The van der Waals surface area contributed by atoms with Gasteiger partial charge in [-0.05, 0) is 24.3 Å². The van der Waals surface area contributed by atoms with E-state index in [0.29, 0.717) is 0 Å². The van der Waals surface area contributed by atoms with E-state index in [9.17, 15) is 5.26 Å². The van der Waals surface area contributed by atoms with Crippen molar-refractivity contribution in [3.8, 4) is 6.07 Å². The number of nitrogens with zero attached hydrogens (tertiary/aromatic N) is 3. The Morgan fingerprint density at radius 1 is 0.895 bits per heavy atom. The van der Waals surface area contributed by atoms with Crippen LogP contribution >= 0.6 is 0 Å². The van der Waals surface area contributed by atoms with E-state index in [-0.39, 0.29) is 0 Å². The Labute approximate surface area is 113 Å². The lowest BCUT2D eigenvalue weighted by molar-refractivity contribution is 0.821. The number of anilines is 3. The van der Waals surface area contributed by atoms with Crippen molar-refractivity contribution in [2.75, 3.05) is 29.9 Å². The molecule has 0 saturated carbocycles. The molecule has 0 amide bonds. The molecule has 0 fully saturated rings. The van der Waals surface area contributed by atoms with Gasteiger partial charge in [-0.2, -0.15) is 5.26 Å². The maximum Gasteiger partial charge on any atom is 0.101 e. The molecule has 0 saturated heterocycles. The highest BCUT2D eigenvalue weighted by Crippen LogP contribution is 2.37. The summed E-state index contributed by atoms with van der Waals surface area (Å²) >= 11 is 0. The van der Waals surface area contributed by atoms with Crippen molar-refractivity contribution in [2.45, 2.75) is 0 Å². The highest BCUT2D eigenvalue weighted by Gasteiger charge is 2.22. The standard InChI is InChI=1S/C16H15N3/c1-18-10-11-19(16-9-5-4-8-15(16)18)14-7-3-2-6-13(14)12-17/h2-9H,10-11H2,1H3. The highest BCUT2D eigenvalue weighted by atomic mass is 15.3. The Morgan fingerprint density at radius 2 is 1.53 bits per heavy atom. The Kier molecular flexibility index (Phi) is 2.85. The van der Waals surface area contributed by atoms with Crippen LogP contribution in [0.2, 0.25) is 0 Å². The fourth-order valence-corrected chi connectivity index (χ4v) is 2.56. The summed E-state index contributed by atoms with van der Waals surface area (Å²) < 4.78 is 0. The largest absolute Gasteiger partial charge is 0.371 e. The van der Waals surface area contributed by atoms with E-state index in [4.69, 9.17) is 0 Å². The number of para-hydroxylation sites is 3. The third-order valence-electron chi connectivity index (χ3n) is 3.56. The smallest absolute Gasteiger partial charge is 0.101 e. The van der Waals surface area contributed by atoms with Gasteiger partial charge in [-0.25, -0.2) is 0 Å². The second-order valence-electron chi connectivity index (χ2n) is 4.69. The van der Waals surface area contributed by atoms with Crippen molar-refractivity contribution in [1.29, 1.82) is 5.26 Å². The Bertz CT molecular complexity index is 642. The number of benzene rings is 2. The molecule has 2 aromatic carbocycles. The normalized spacial score (nSPS) is 13.9. The minimum absolute atomic E-state index is 0.724. The molecular formula is C16H15N3.